The van der Waals surface area contributed by atoms with Crippen LogP contribution in [-0.2, 0) is 24.1 Å². The molecule has 0 radical (unpaired) electrons. The van der Waals surface area contributed by atoms with E-state index in [9.17, 15) is 4.79 Å². The highest BCUT2D eigenvalue weighted by Crippen LogP contribution is 2.29. The third-order valence-corrected chi connectivity index (χ3v) is 5.46. The maximum atomic E-state index is 10.8. The van der Waals surface area contributed by atoms with Crippen LogP contribution in [0.25, 0.3) is 22.5 Å². The summed E-state index contributed by atoms with van der Waals surface area (Å²) in [6.45, 7) is 6.48. The van der Waals surface area contributed by atoms with Gasteiger partial charge in [0, 0.05) is 35.6 Å². The number of nitrogen functional groups attached to an aromatic ring is 1. The van der Waals surface area contributed by atoms with Crippen LogP contribution in [0.5, 0.6) is 0 Å². The van der Waals surface area contributed by atoms with E-state index in [-0.39, 0.29) is 6.42 Å². The van der Waals surface area contributed by atoms with Crippen LogP contribution in [0.2, 0.25) is 0 Å². The summed E-state index contributed by atoms with van der Waals surface area (Å²) < 4.78 is 0. The first kappa shape index (κ1) is 22.5. The van der Waals surface area contributed by atoms with Crippen molar-refractivity contribution in [3.8, 4) is 22.5 Å². The predicted molar refractivity (Wildman–Crippen MR) is 126 cm³/mol. The first-order valence-electron chi connectivity index (χ1n) is 10.9. The molecule has 0 spiro atoms. The van der Waals surface area contributed by atoms with Crippen LogP contribution in [0.3, 0.4) is 0 Å². The third-order valence-electron chi connectivity index (χ3n) is 5.46. The number of carbonyl (C=O) groups is 1. The van der Waals surface area contributed by atoms with Gasteiger partial charge < -0.3 is 10.8 Å². The molecule has 31 heavy (non-hydrogen) atoms. The molecule has 0 bridgehead atoms. The lowest BCUT2D eigenvalue weighted by Gasteiger charge is -2.14. The van der Waals surface area contributed by atoms with Gasteiger partial charge in [-0.2, -0.15) is 0 Å². The molecule has 0 atom stereocenters. The van der Waals surface area contributed by atoms with Gasteiger partial charge in [-0.3, -0.25) is 4.79 Å². The van der Waals surface area contributed by atoms with E-state index in [0.717, 1.165) is 47.2 Å². The number of carboxylic acid groups (broad SMARTS) is 1. The minimum Gasteiger partial charge on any atom is -0.481 e. The first-order valence-corrected chi connectivity index (χ1v) is 10.9. The number of nitrogens with zero attached hydrogens (tertiary/aromatic N) is 2. The fourth-order valence-corrected chi connectivity index (χ4v) is 3.96. The summed E-state index contributed by atoms with van der Waals surface area (Å²) in [5, 5.41) is 8.92. The zero-order valence-electron chi connectivity index (χ0n) is 18.6. The second kappa shape index (κ2) is 10.2. The lowest BCUT2D eigenvalue weighted by atomic mass is 9.92. The Morgan fingerprint density at radius 1 is 1.06 bits per heavy atom. The molecule has 0 unspecified atom stereocenters. The Bertz CT molecular complexity index is 1040. The van der Waals surface area contributed by atoms with Crippen molar-refractivity contribution in [2.45, 2.75) is 52.9 Å². The predicted octanol–water partition coefficient (Wildman–Crippen LogP) is 5.56. The average molecular weight is 418 g/mol. The molecule has 0 saturated carbocycles. The number of hydrogen-bond acceptors (Lipinski definition) is 4. The van der Waals surface area contributed by atoms with Crippen molar-refractivity contribution in [3.63, 3.8) is 0 Å². The van der Waals surface area contributed by atoms with Gasteiger partial charge in [-0.15, -0.1) is 0 Å². The molecule has 5 nitrogen and oxygen atoms in total. The molecule has 1 aromatic heterocycles. The average Bonchev–Trinajstić information content (AvgIpc) is 2.74. The smallest absolute Gasteiger partial charge is 0.303 e. The second-order valence-corrected chi connectivity index (χ2v) is 8.35. The Balaban J connectivity index is 1.84. The number of aliphatic carboxylic acids is 1. The van der Waals surface area contributed by atoms with Crippen molar-refractivity contribution in [2.75, 3.05) is 5.73 Å². The summed E-state index contributed by atoms with van der Waals surface area (Å²) in [5.41, 5.74) is 13.6. The number of carboxylic acids is 1. The highest BCUT2D eigenvalue weighted by Gasteiger charge is 2.12. The largest absolute Gasteiger partial charge is 0.481 e. The van der Waals surface area contributed by atoms with Crippen molar-refractivity contribution in [1.29, 1.82) is 0 Å². The van der Waals surface area contributed by atoms with Gasteiger partial charge in [0.25, 0.3) is 0 Å². The number of anilines is 1. The van der Waals surface area contributed by atoms with Crippen molar-refractivity contribution < 1.29 is 9.90 Å². The summed E-state index contributed by atoms with van der Waals surface area (Å²) in [6.07, 6.45) is 7.11. The number of aryl methyl sites for hydroxylation is 1. The van der Waals surface area contributed by atoms with Crippen molar-refractivity contribution in [3.05, 3.63) is 65.5 Å². The molecule has 3 N–H and O–H groups in total. The highest BCUT2D eigenvalue weighted by molar-refractivity contribution is 5.70. The fraction of sp³-hybridized carbons (Fsp3) is 0.346. The molecule has 162 valence electrons. The Hall–Kier alpha value is -3.21. The number of benzene rings is 2. The molecule has 0 amide bonds. The van der Waals surface area contributed by atoms with Crippen LogP contribution in [-0.4, -0.2) is 21.0 Å². The van der Waals surface area contributed by atoms with Crippen molar-refractivity contribution in [1.82, 2.24) is 9.97 Å². The highest BCUT2D eigenvalue weighted by atomic mass is 16.4. The monoisotopic (exact) mass is 417 g/mol. The number of rotatable bonds is 9. The maximum Gasteiger partial charge on any atom is 0.303 e. The Kier molecular flexibility index (Phi) is 7.40. The summed E-state index contributed by atoms with van der Waals surface area (Å²) >= 11 is 0. The minimum atomic E-state index is -0.754. The molecule has 0 aliphatic rings. The van der Waals surface area contributed by atoms with E-state index in [2.05, 4.69) is 48.9 Å². The second-order valence-electron chi connectivity index (χ2n) is 8.35. The quantitative estimate of drug-likeness (QED) is 0.445. The standard InChI is InChI=1S/C26H31N3O2/c1-4-22-18(8-6-10-25(30)31)7-5-9-23(22)21-15-28-26(29-16-21)20-12-11-19(13-17(2)3)24(27)14-20/h5,7,9,11-12,14-17H,4,6,8,10,13,27H2,1-3H3,(H,30,31). The van der Waals surface area contributed by atoms with Crippen LogP contribution < -0.4 is 5.73 Å². The zero-order chi connectivity index (χ0) is 22.4. The van der Waals surface area contributed by atoms with Gasteiger partial charge in [0.2, 0.25) is 0 Å². The molecule has 0 saturated heterocycles. The Morgan fingerprint density at radius 2 is 1.81 bits per heavy atom. The lowest BCUT2D eigenvalue weighted by molar-refractivity contribution is -0.137. The lowest BCUT2D eigenvalue weighted by Crippen LogP contribution is -2.01. The van der Waals surface area contributed by atoms with Gasteiger partial charge in [-0.25, -0.2) is 9.97 Å². The summed E-state index contributed by atoms with van der Waals surface area (Å²) in [6, 6.07) is 12.2. The maximum absolute atomic E-state index is 10.8. The number of aromatic nitrogens is 2. The van der Waals surface area contributed by atoms with Gasteiger partial charge in [0.1, 0.15) is 0 Å². The van der Waals surface area contributed by atoms with Crippen LogP contribution in [0.1, 0.15) is 50.3 Å². The van der Waals surface area contributed by atoms with E-state index in [0.29, 0.717) is 18.2 Å². The molecule has 2 aromatic carbocycles. The van der Waals surface area contributed by atoms with E-state index < -0.39 is 5.97 Å². The molecule has 3 aromatic rings. The van der Waals surface area contributed by atoms with Gasteiger partial charge in [-0.05, 0) is 59.9 Å². The number of hydrogen-bond donors (Lipinski definition) is 2. The van der Waals surface area contributed by atoms with E-state index in [1.165, 1.54) is 11.1 Å². The first-order chi connectivity index (χ1) is 14.9. The zero-order valence-corrected chi connectivity index (χ0v) is 18.6. The molecule has 3 rings (SSSR count). The molecule has 0 aliphatic heterocycles. The van der Waals surface area contributed by atoms with Crippen LogP contribution in [0, 0.1) is 5.92 Å². The summed E-state index contributed by atoms with van der Waals surface area (Å²) in [4.78, 5) is 20.0. The normalized spacial score (nSPS) is 11.1. The molecule has 1 heterocycles. The van der Waals surface area contributed by atoms with Gasteiger partial charge in [0.05, 0.1) is 0 Å². The topological polar surface area (TPSA) is 89.1 Å². The van der Waals surface area contributed by atoms with Gasteiger partial charge >= 0.3 is 5.97 Å². The number of nitrogens with two attached hydrogens (primary N) is 1. The molecular weight excluding hydrogens is 386 g/mol. The SMILES string of the molecule is CCc1c(CCCC(=O)O)cccc1-c1cnc(-c2ccc(CC(C)C)c(N)c2)nc1. The molecule has 5 heteroatoms. The van der Waals surface area contributed by atoms with Gasteiger partial charge in [0.15, 0.2) is 5.82 Å². The van der Waals surface area contributed by atoms with Crippen LogP contribution in [0.4, 0.5) is 5.69 Å². The molecule has 0 aliphatic carbocycles. The Morgan fingerprint density at radius 3 is 2.42 bits per heavy atom. The van der Waals surface area contributed by atoms with E-state index in [4.69, 9.17) is 10.8 Å². The van der Waals surface area contributed by atoms with E-state index in [1.807, 2.05) is 30.6 Å². The summed E-state index contributed by atoms with van der Waals surface area (Å²) in [7, 11) is 0. The minimum absolute atomic E-state index is 0.185. The Labute approximate surface area is 184 Å². The van der Waals surface area contributed by atoms with Crippen LogP contribution in [0.15, 0.2) is 48.8 Å². The summed E-state index contributed by atoms with van der Waals surface area (Å²) in [5.74, 6) is 0.453. The van der Waals surface area contributed by atoms with Gasteiger partial charge in [-0.1, -0.05) is 51.1 Å². The molecule has 0 fully saturated rings. The van der Waals surface area contributed by atoms with Crippen molar-refractivity contribution >= 4 is 11.7 Å². The molecular formula is C26H31N3O2. The van der Waals surface area contributed by atoms with Crippen molar-refractivity contribution in [2.24, 2.45) is 5.92 Å². The fourth-order valence-electron chi connectivity index (χ4n) is 3.96. The van der Waals surface area contributed by atoms with E-state index in [1.54, 1.807) is 0 Å². The van der Waals surface area contributed by atoms with Crippen LogP contribution >= 0.6 is 0 Å². The van der Waals surface area contributed by atoms with E-state index >= 15 is 0 Å². The third kappa shape index (κ3) is 5.69.